The van der Waals surface area contributed by atoms with Gasteiger partial charge < -0.3 is 15.8 Å². The van der Waals surface area contributed by atoms with Gasteiger partial charge in [0.2, 0.25) is 5.91 Å². The first kappa shape index (κ1) is 13.9. The van der Waals surface area contributed by atoms with Crippen LogP contribution >= 0.6 is 0 Å². The molecule has 2 rings (SSSR count). The third kappa shape index (κ3) is 4.56. The summed E-state index contributed by atoms with van der Waals surface area (Å²) < 4.78 is 5.48. The number of hydrogen-bond donors (Lipinski definition) is 2. The second-order valence-corrected chi connectivity index (χ2v) is 5.07. The highest BCUT2D eigenvalue weighted by molar-refractivity contribution is 5.76. The van der Waals surface area contributed by atoms with E-state index in [2.05, 4.69) is 5.32 Å². The van der Waals surface area contributed by atoms with Crippen molar-refractivity contribution < 1.29 is 9.53 Å². The van der Waals surface area contributed by atoms with Gasteiger partial charge in [-0.25, -0.2) is 0 Å². The van der Waals surface area contributed by atoms with Gasteiger partial charge in [-0.15, -0.1) is 0 Å². The molecule has 19 heavy (non-hydrogen) atoms. The first-order valence-corrected chi connectivity index (χ1v) is 6.96. The van der Waals surface area contributed by atoms with E-state index in [1.165, 1.54) is 6.42 Å². The lowest BCUT2D eigenvalue weighted by Gasteiger charge is -2.15. The van der Waals surface area contributed by atoms with Crippen LogP contribution in [-0.4, -0.2) is 25.1 Å². The molecule has 0 heterocycles. The molecule has 2 atom stereocenters. The summed E-state index contributed by atoms with van der Waals surface area (Å²) in [6, 6.07) is 9.78. The van der Waals surface area contributed by atoms with E-state index in [1.54, 1.807) is 0 Å². The Labute approximate surface area is 114 Å². The van der Waals surface area contributed by atoms with E-state index in [4.69, 9.17) is 10.5 Å². The van der Waals surface area contributed by atoms with Gasteiger partial charge in [-0.1, -0.05) is 24.6 Å². The number of hydrogen-bond acceptors (Lipinski definition) is 3. The molecule has 104 valence electrons. The fraction of sp³-hybridized carbons (Fsp3) is 0.533. The molecule has 1 saturated carbocycles. The third-order valence-electron chi connectivity index (χ3n) is 3.62. The summed E-state index contributed by atoms with van der Waals surface area (Å²) in [4.78, 5) is 11.7. The van der Waals surface area contributed by atoms with Crippen LogP contribution in [0.1, 0.15) is 25.7 Å². The lowest BCUT2D eigenvalue weighted by molar-refractivity contribution is -0.121. The minimum atomic E-state index is 0.0371. The third-order valence-corrected chi connectivity index (χ3v) is 3.62. The van der Waals surface area contributed by atoms with Crippen molar-refractivity contribution >= 4 is 5.91 Å². The summed E-state index contributed by atoms with van der Waals surface area (Å²) in [6.07, 6.45) is 3.77. The molecule has 4 heteroatoms. The minimum Gasteiger partial charge on any atom is -0.493 e. The molecule has 0 aromatic heterocycles. The molecule has 1 aromatic rings. The van der Waals surface area contributed by atoms with Crippen LogP contribution in [0.2, 0.25) is 0 Å². The monoisotopic (exact) mass is 262 g/mol. The number of para-hydroxylation sites is 1. The van der Waals surface area contributed by atoms with Gasteiger partial charge in [0.25, 0.3) is 0 Å². The molecule has 0 spiro atoms. The van der Waals surface area contributed by atoms with E-state index in [9.17, 15) is 4.79 Å². The fourth-order valence-corrected chi connectivity index (χ4v) is 2.43. The fourth-order valence-electron chi connectivity index (χ4n) is 2.43. The Morgan fingerprint density at radius 2 is 2.11 bits per heavy atom. The smallest absolute Gasteiger partial charge is 0.223 e. The van der Waals surface area contributed by atoms with Crippen LogP contribution in [0.4, 0.5) is 0 Å². The topological polar surface area (TPSA) is 64.3 Å². The summed E-state index contributed by atoms with van der Waals surface area (Å²) in [5, 5.41) is 2.94. The van der Waals surface area contributed by atoms with E-state index < -0.39 is 0 Å². The molecule has 1 amide bonds. The molecule has 0 bridgehead atoms. The van der Waals surface area contributed by atoms with Gasteiger partial charge >= 0.3 is 0 Å². The lowest BCUT2D eigenvalue weighted by atomic mass is 10.0. The van der Waals surface area contributed by atoms with Gasteiger partial charge in [0.15, 0.2) is 0 Å². The molecule has 0 aliphatic heterocycles. The van der Waals surface area contributed by atoms with Crippen molar-refractivity contribution in [3.8, 4) is 5.75 Å². The normalized spacial score (nSPS) is 22.2. The highest BCUT2D eigenvalue weighted by Gasteiger charge is 2.23. The number of carbonyl (C=O) groups is 1. The Morgan fingerprint density at radius 1 is 1.32 bits per heavy atom. The van der Waals surface area contributed by atoms with Crippen molar-refractivity contribution in [1.82, 2.24) is 5.32 Å². The van der Waals surface area contributed by atoms with Crippen molar-refractivity contribution in [3.05, 3.63) is 30.3 Å². The number of benzene rings is 1. The Balaban J connectivity index is 1.59. The minimum absolute atomic E-state index is 0.0371. The predicted molar refractivity (Wildman–Crippen MR) is 74.9 cm³/mol. The maximum atomic E-state index is 11.7. The number of rotatable bonds is 6. The first-order valence-electron chi connectivity index (χ1n) is 6.96. The van der Waals surface area contributed by atoms with E-state index in [1.807, 2.05) is 30.3 Å². The molecule has 1 aromatic carbocycles. The van der Waals surface area contributed by atoms with Gasteiger partial charge in [0, 0.05) is 12.6 Å². The summed E-state index contributed by atoms with van der Waals surface area (Å²) in [6.45, 7) is 1.11. The lowest BCUT2D eigenvalue weighted by Crippen LogP contribution is -2.36. The second-order valence-electron chi connectivity index (χ2n) is 5.07. The molecule has 1 aliphatic rings. The van der Waals surface area contributed by atoms with Crippen LogP contribution in [-0.2, 0) is 4.79 Å². The van der Waals surface area contributed by atoms with Crippen LogP contribution in [0.25, 0.3) is 0 Å². The predicted octanol–water partition coefficient (Wildman–Crippen LogP) is 1.70. The number of carbonyl (C=O) groups excluding carboxylic acids is 1. The first-order chi connectivity index (χ1) is 9.25. The zero-order valence-corrected chi connectivity index (χ0v) is 11.2. The summed E-state index contributed by atoms with van der Waals surface area (Å²) >= 11 is 0. The van der Waals surface area contributed by atoms with Crippen LogP contribution in [0.3, 0.4) is 0 Å². The Bertz CT molecular complexity index is 394. The Morgan fingerprint density at radius 3 is 2.79 bits per heavy atom. The highest BCUT2D eigenvalue weighted by Crippen LogP contribution is 2.22. The van der Waals surface area contributed by atoms with Crippen LogP contribution in [0.15, 0.2) is 30.3 Å². The Hall–Kier alpha value is -1.55. The number of nitrogens with one attached hydrogen (secondary N) is 1. The van der Waals surface area contributed by atoms with Crippen LogP contribution in [0, 0.1) is 5.92 Å². The molecule has 1 fully saturated rings. The molecule has 3 N–H and O–H groups in total. The standard InChI is InChI=1S/C15H22N2O2/c16-14-8-4-5-12(14)11-17-15(18)9-10-19-13-6-2-1-3-7-13/h1-3,6-7,12,14H,4-5,8-11,16H2,(H,17,18). The van der Waals surface area contributed by atoms with Crippen molar-refractivity contribution in [3.63, 3.8) is 0 Å². The molecule has 0 radical (unpaired) electrons. The Kier molecular flexibility index (Phi) is 5.21. The van der Waals surface area contributed by atoms with E-state index in [0.29, 0.717) is 25.5 Å². The van der Waals surface area contributed by atoms with Gasteiger partial charge in [0.05, 0.1) is 13.0 Å². The average Bonchev–Trinajstić information content (AvgIpc) is 2.83. The molecule has 4 nitrogen and oxygen atoms in total. The van der Waals surface area contributed by atoms with Gasteiger partial charge in [-0.3, -0.25) is 4.79 Å². The number of amides is 1. The average molecular weight is 262 g/mol. The van der Waals surface area contributed by atoms with E-state index in [-0.39, 0.29) is 11.9 Å². The maximum Gasteiger partial charge on any atom is 0.223 e. The van der Waals surface area contributed by atoms with Crippen molar-refractivity contribution in [2.24, 2.45) is 11.7 Å². The second kappa shape index (κ2) is 7.14. The summed E-state index contributed by atoms with van der Waals surface area (Å²) in [5.41, 5.74) is 5.97. The van der Waals surface area contributed by atoms with Crippen molar-refractivity contribution in [2.75, 3.05) is 13.2 Å². The molecule has 0 saturated heterocycles. The highest BCUT2D eigenvalue weighted by atomic mass is 16.5. The largest absolute Gasteiger partial charge is 0.493 e. The zero-order valence-electron chi connectivity index (χ0n) is 11.2. The van der Waals surface area contributed by atoms with Gasteiger partial charge in [0.1, 0.15) is 5.75 Å². The molecular formula is C15H22N2O2. The number of nitrogens with two attached hydrogens (primary N) is 1. The summed E-state index contributed by atoms with van der Waals surface area (Å²) in [7, 11) is 0. The zero-order chi connectivity index (χ0) is 13.5. The van der Waals surface area contributed by atoms with Crippen molar-refractivity contribution in [1.29, 1.82) is 0 Å². The van der Waals surface area contributed by atoms with Crippen molar-refractivity contribution in [2.45, 2.75) is 31.7 Å². The molecule has 2 unspecified atom stereocenters. The van der Waals surface area contributed by atoms with E-state index >= 15 is 0 Å². The van der Waals surface area contributed by atoms with Crippen LogP contribution < -0.4 is 15.8 Å². The van der Waals surface area contributed by atoms with Gasteiger partial charge in [-0.2, -0.15) is 0 Å². The number of ether oxygens (including phenoxy) is 1. The van der Waals surface area contributed by atoms with Gasteiger partial charge in [-0.05, 0) is 30.9 Å². The SMILES string of the molecule is NC1CCCC1CNC(=O)CCOc1ccccc1. The summed E-state index contributed by atoms with van der Waals surface area (Å²) in [5.74, 6) is 1.28. The van der Waals surface area contributed by atoms with Crippen LogP contribution in [0.5, 0.6) is 5.75 Å². The molecule has 1 aliphatic carbocycles. The quantitative estimate of drug-likeness (QED) is 0.820. The van der Waals surface area contributed by atoms with E-state index in [0.717, 1.165) is 18.6 Å². The maximum absolute atomic E-state index is 11.7. The molecular weight excluding hydrogens is 240 g/mol.